The van der Waals surface area contributed by atoms with Crippen LogP contribution in [-0.2, 0) is 49.4 Å². The van der Waals surface area contributed by atoms with Gasteiger partial charge in [0.25, 0.3) is 17.7 Å². The van der Waals surface area contributed by atoms with Crippen molar-refractivity contribution < 1.29 is 77.4 Å². The van der Waals surface area contributed by atoms with E-state index in [9.17, 15) is 54.3 Å². The van der Waals surface area contributed by atoms with Crippen molar-refractivity contribution >= 4 is 68.6 Å². The van der Waals surface area contributed by atoms with Crippen molar-refractivity contribution in [3.8, 4) is 34.5 Å². The van der Waals surface area contributed by atoms with Crippen LogP contribution in [0, 0.1) is 17.5 Å². The van der Waals surface area contributed by atoms with E-state index in [1.54, 1.807) is 58.6 Å². The minimum atomic E-state index is -6.12. The number of phenolic OH excluding ortho intramolecular Hbond substituents is 1. The summed E-state index contributed by atoms with van der Waals surface area (Å²) in [6.45, 7) is 8.34. The van der Waals surface area contributed by atoms with Crippen molar-refractivity contribution in [1.29, 1.82) is 0 Å². The molecule has 0 atom stereocenters. The Bertz CT molecular complexity index is 6420. The molecule has 0 bridgehead atoms. The molecule has 0 aliphatic carbocycles. The molecule has 0 spiro atoms. The number of rotatable bonds is 24. The van der Waals surface area contributed by atoms with E-state index in [0.29, 0.717) is 86.7 Å². The normalized spacial score (nSPS) is 13.1. The highest BCUT2D eigenvalue weighted by molar-refractivity contribution is 7.88. The second-order valence-corrected chi connectivity index (χ2v) is 38.4. The topological polar surface area (TPSA) is 200 Å². The van der Waals surface area contributed by atoms with Crippen LogP contribution in [-0.4, -0.2) is 81.1 Å². The summed E-state index contributed by atoms with van der Waals surface area (Å²) in [4.78, 5) is 60.3. The first-order chi connectivity index (χ1) is 59.9. The summed E-state index contributed by atoms with van der Waals surface area (Å²) in [7, 11) is -7.49. The number of aromatic nitrogens is 3. The molecule has 25 heteroatoms. The first-order valence-corrected chi connectivity index (χ1v) is 45.1. The van der Waals surface area contributed by atoms with Crippen molar-refractivity contribution in [3.63, 3.8) is 0 Å². The van der Waals surface area contributed by atoms with Gasteiger partial charge in [-0.1, -0.05) is 238 Å². The molecule has 3 amide bonds. The van der Waals surface area contributed by atoms with Crippen LogP contribution in [0.5, 0.6) is 34.5 Å². The van der Waals surface area contributed by atoms with E-state index in [2.05, 4.69) is 29.6 Å². The Balaban J connectivity index is 0.000000138. The summed E-state index contributed by atoms with van der Waals surface area (Å²) in [6.07, 6.45) is 2.95. The van der Waals surface area contributed by atoms with Gasteiger partial charge < -0.3 is 42.9 Å². The molecular weight excluding hydrogens is 1620 g/mol. The van der Waals surface area contributed by atoms with E-state index in [0.717, 1.165) is 50.4 Å². The number of carbonyl (C=O) groups is 3. The molecule has 18 rings (SSSR count). The Morgan fingerprint density at radius 1 is 0.379 bits per heavy atom. The smallest absolute Gasteiger partial charge is 0.507 e. The van der Waals surface area contributed by atoms with Crippen LogP contribution < -0.4 is 23.1 Å². The third-order valence-corrected chi connectivity index (χ3v) is 24.2. The van der Waals surface area contributed by atoms with Crippen LogP contribution in [0.25, 0.3) is 32.7 Å². The Hall–Kier alpha value is -14.2. The molecule has 124 heavy (non-hydrogen) atoms. The monoisotopic (exact) mass is 1700 g/mol. The summed E-state index contributed by atoms with van der Waals surface area (Å²) >= 11 is 0. The highest BCUT2D eigenvalue weighted by Crippen LogP contribution is 2.51. The van der Waals surface area contributed by atoms with Crippen molar-refractivity contribution in [2.24, 2.45) is 0 Å². The summed E-state index contributed by atoms with van der Waals surface area (Å²) in [5.41, 5.74) is 4.42. The van der Waals surface area contributed by atoms with Gasteiger partial charge in [-0.25, -0.2) is 13.2 Å². The zero-order valence-electron chi connectivity index (χ0n) is 67.2. The second kappa shape index (κ2) is 35.9. The number of alkyl halides is 3. The number of aromatic hydroxyl groups is 1. The fourth-order valence-electron chi connectivity index (χ4n) is 15.5. The number of phenols is 1. The first-order valence-electron chi connectivity index (χ1n) is 40.0. The second-order valence-electron chi connectivity index (χ2n) is 31.2. The van der Waals surface area contributed by atoms with E-state index in [-0.39, 0.29) is 83.2 Å². The zero-order chi connectivity index (χ0) is 86.4. The minimum absolute atomic E-state index is 0.0244. The van der Waals surface area contributed by atoms with Crippen molar-refractivity contribution in [3.05, 3.63) is 411 Å². The van der Waals surface area contributed by atoms with Gasteiger partial charge in [-0.15, -0.1) is 0 Å². The lowest BCUT2D eigenvalue weighted by molar-refractivity contribution is -0.0500. The van der Waals surface area contributed by atoms with Crippen molar-refractivity contribution in [2.75, 3.05) is 6.61 Å². The van der Waals surface area contributed by atoms with Crippen LogP contribution in [0.2, 0.25) is 25.7 Å². The fraction of sp³-hybridized carbons (Fsp3) is 0.152. The summed E-state index contributed by atoms with van der Waals surface area (Å²) < 4.78 is 137. The van der Waals surface area contributed by atoms with Crippen LogP contribution in [0.1, 0.15) is 116 Å². The Morgan fingerprint density at radius 3 is 0.976 bits per heavy atom. The number of nitrogens with zero attached hydrogens (tertiary/aromatic N) is 6. The maximum atomic E-state index is 14.3. The molecule has 0 saturated carbocycles. The van der Waals surface area contributed by atoms with Gasteiger partial charge in [0.2, 0.25) is 0 Å². The van der Waals surface area contributed by atoms with Gasteiger partial charge in [0, 0.05) is 79.1 Å². The lowest BCUT2D eigenvalue weighted by atomic mass is 9.99. The number of ether oxygens (including phenoxy) is 4. The van der Waals surface area contributed by atoms with Crippen LogP contribution in [0.15, 0.2) is 310 Å². The van der Waals surface area contributed by atoms with Crippen LogP contribution in [0.3, 0.4) is 0 Å². The lowest BCUT2D eigenvalue weighted by Crippen LogP contribution is -2.28. The van der Waals surface area contributed by atoms with E-state index in [1.165, 1.54) is 71.8 Å². The number of carbonyl (C=O) groups excluding carboxylic acids is 3. The fourth-order valence-corrected chi connectivity index (χ4v) is 16.7. The molecule has 0 saturated heterocycles. The minimum Gasteiger partial charge on any atom is -0.507 e. The van der Waals surface area contributed by atoms with Gasteiger partial charge in [-0.2, -0.15) is 21.6 Å². The number of pyridine rings is 3. The molecule has 3 aliphatic rings. The summed E-state index contributed by atoms with van der Waals surface area (Å²) in [5, 5.41) is 12.4. The van der Waals surface area contributed by atoms with E-state index < -0.39 is 59.5 Å². The molecule has 0 unspecified atom stereocenters. The zero-order valence-corrected chi connectivity index (χ0v) is 69.0. The lowest BCUT2D eigenvalue weighted by Gasteiger charge is -2.24. The SMILES string of the molecule is C[Si](C)(C)CCOc1c2c(c(OC(c3ccccc3)c3ccccc3)c3ncccc13)C(=O)N(Cc1ccc(F)cc1)C2.O=C1c2c(c(O)c3cccnc3c2OC(c2ccccc2)c2ccccc2)CN1Cc1ccc(F)cc1.O=C1c2c(c(OS(=O)(=O)C(F)(F)F)c3cccnc3c2OC(c2ccccc2)c2ccccc2)CN1Cc1ccc(F)cc1. The Morgan fingerprint density at radius 2 is 0.661 bits per heavy atom. The van der Waals surface area contributed by atoms with Crippen molar-refractivity contribution in [1.82, 2.24) is 29.7 Å². The molecule has 3 aromatic heterocycles. The van der Waals surface area contributed by atoms with E-state index in [4.69, 9.17) is 28.1 Å². The van der Waals surface area contributed by atoms with E-state index in [1.807, 2.05) is 194 Å². The predicted molar refractivity (Wildman–Crippen MR) is 462 cm³/mol. The molecule has 6 heterocycles. The predicted octanol–water partition coefficient (Wildman–Crippen LogP) is 21.7. The molecule has 15 aromatic rings. The molecule has 3 aliphatic heterocycles. The number of benzene rings is 12. The molecule has 1 N–H and O–H groups in total. The average Bonchev–Trinajstić information content (AvgIpc) is 1.55. The van der Waals surface area contributed by atoms with Gasteiger partial charge in [-0.05, 0) is 129 Å². The Kier molecular flexibility index (Phi) is 24.1. The molecular formula is C99H80F6N6O11SSi. The quantitative estimate of drug-likeness (QED) is 0.0259. The standard InChI is InChI=1S/C36H35FN2O3Si.C32H22F4N2O5S.C31H23FN2O3/c1-43(2,3)22-21-41-34-29-15-10-20-38-32(29)35(42-33(26-11-6-4-7-12-26)27-13-8-5-9-14-27)31-30(34)24-39(36(31)40)23-25-16-18-28(37)19-17-25;33-23-15-13-20(14-16-23)18-38-19-25-26(31(38)39)30(42-28(21-8-3-1-4-9-21)22-10-5-2-6-11-22)27-24(12-7-17-37-27)29(25)43-44(40,41)32(34,35)36;32-23-15-13-20(14-16-23)18-34-19-25-26(31(34)36)30(27-24(28(25)35)12-7-17-33-27)37-29(21-8-3-1-4-9-21)22-10-5-2-6-11-22/h4-20,33H,21-24H2,1-3H3;1-17,28H,18-19H2;1-17,29,35H,18-19H2. The molecule has 12 aromatic carbocycles. The van der Waals surface area contributed by atoms with E-state index >= 15 is 0 Å². The van der Waals surface area contributed by atoms with Gasteiger partial charge in [0.05, 0.1) is 42.9 Å². The molecule has 0 radical (unpaired) electrons. The van der Waals surface area contributed by atoms with Gasteiger partial charge in [0.1, 0.15) is 63.8 Å². The third kappa shape index (κ3) is 17.9. The maximum Gasteiger partial charge on any atom is 0.534 e. The largest absolute Gasteiger partial charge is 0.534 e. The summed E-state index contributed by atoms with van der Waals surface area (Å²) in [6, 6.07) is 86.6. The summed E-state index contributed by atoms with van der Waals surface area (Å²) in [5.74, 6) is -1.41. The maximum absolute atomic E-state index is 14.3. The molecule has 624 valence electrons. The van der Waals surface area contributed by atoms with Gasteiger partial charge in [0.15, 0.2) is 23.0 Å². The molecule has 0 fully saturated rings. The highest BCUT2D eigenvalue weighted by atomic mass is 32.2. The highest BCUT2D eigenvalue weighted by Gasteiger charge is 2.50. The first kappa shape index (κ1) is 83.5. The Labute approximate surface area is 712 Å². The average molecular weight is 1700 g/mol. The number of hydrogen-bond donors (Lipinski definition) is 1. The van der Waals surface area contributed by atoms with Gasteiger partial charge in [-0.3, -0.25) is 29.3 Å². The number of fused-ring (bicyclic) bond motifs is 6. The molecule has 17 nitrogen and oxygen atoms in total. The van der Waals surface area contributed by atoms with Crippen molar-refractivity contribution in [2.45, 2.75) is 88.8 Å². The van der Waals surface area contributed by atoms with Gasteiger partial charge >= 0.3 is 15.6 Å². The number of hydrogen-bond acceptors (Lipinski definition) is 14. The number of halogens is 6. The third-order valence-electron chi connectivity index (χ3n) is 21.5. The van der Waals surface area contributed by atoms with Crippen LogP contribution in [0.4, 0.5) is 26.3 Å². The van der Waals surface area contributed by atoms with Crippen LogP contribution >= 0.6 is 0 Å². The number of amides is 3.